The number of nitrogens with one attached hydrogen (secondary N) is 1. The first-order chi connectivity index (χ1) is 9.78. The second-order valence-corrected chi connectivity index (χ2v) is 7.34. The molecule has 4 fully saturated rings. The molecule has 4 rings (SSSR count). The zero-order valence-electron chi connectivity index (χ0n) is 12.4. The summed E-state index contributed by atoms with van der Waals surface area (Å²) in [4.78, 5) is 17.6. The Kier molecular flexibility index (Phi) is 3.26. The fraction of sp³-hybridized carbons (Fsp3) is 0.938. The number of rotatable bonds is 1. The van der Waals surface area contributed by atoms with Crippen LogP contribution < -0.4 is 5.32 Å². The summed E-state index contributed by atoms with van der Waals surface area (Å²) >= 11 is 0. The Hall–Kier alpha value is -0.610. The number of carbonyl (C=O) groups is 1. The number of hydrogen-bond acceptors (Lipinski definition) is 3. The van der Waals surface area contributed by atoms with Crippen LogP contribution in [0.4, 0.5) is 0 Å². The lowest BCUT2D eigenvalue weighted by Crippen LogP contribution is -2.56. The average molecular weight is 277 g/mol. The van der Waals surface area contributed by atoms with Crippen molar-refractivity contribution in [3.63, 3.8) is 0 Å². The van der Waals surface area contributed by atoms with E-state index in [0.29, 0.717) is 23.3 Å². The van der Waals surface area contributed by atoms with E-state index in [4.69, 9.17) is 0 Å². The smallest absolute Gasteiger partial charge is 0.226 e. The molecule has 0 aromatic rings. The first-order valence-corrected chi connectivity index (χ1v) is 8.52. The number of hydrogen-bond donors (Lipinski definition) is 1. The molecule has 3 heterocycles. The third-order valence-corrected chi connectivity index (χ3v) is 6.24. The number of piperidine rings is 2. The maximum atomic E-state index is 12.8. The molecule has 2 atom stereocenters. The van der Waals surface area contributed by atoms with Crippen LogP contribution in [0.5, 0.6) is 0 Å². The molecule has 3 saturated heterocycles. The van der Waals surface area contributed by atoms with Gasteiger partial charge in [-0.3, -0.25) is 9.69 Å². The maximum Gasteiger partial charge on any atom is 0.226 e. The van der Waals surface area contributed by atoms with Crippen LogP contribution in [0, 0.1) is 11.3 Å². The van der Waals surface area contributed by atoms with Gasteiger partial charge in [0.2, 0.25) is 5.91 Å². The third-order valence-electron chi connectivity index (χ3n) is 6.24. The van der Waals surface area contributed by atoms with Crippen LogP contribution in [0.15, 0.2) is 0 Å². The number of fused-ring (bicyclic) bond motifs is 1. The second kappa shape index (κ2) is 4.99. The largest absolute Gasteiger partial charge is 0.340 e. The Morgan fingerprint density at radius 1 is 1.10 bits per heavy atom. The van der Waals surface area contributed by atoms with Crippen molar-refractivity contribution in [2.75, 3.05) is 39.3 Å². The van der Waals surface area contributed by atoms with Crippen LogP contribution in [0.2, 0.25) is 0 Å². The van der Waals surface area contributed by atoms with E-state index in [1.54, 1.807) is 0 Å². The maximum absolute atomic E-state index is 12.8. The molecule has 1 spiro atoms. The summed E-state index contributed by atoms with van der Waals surface area (Å²) < 4.78 is 0. The quantitative estimate of drug-likeness (QED) is 0.779. The summed E-state index contributed by atoms with van der Waals surface area (Å²) in [5, 5.41) is 3.43. The van der Waals surface area contributed by atoms with Crippen molar-refractivity contribution < 1.29 is 4.79 Å². The van der Waals surface area contributed by atoms with Crippen molar-refractivity contribution in [1.82, 2.24) is 15.1 Å². The minimum absolute atomic E-state index is 0.361. The van der Waals surface area contributed by atoms with Gasteiger partial charge in [-0.15, -0.1) is 0 Å². The molecule has 0 radical (unpaired) electrons. The normalized spacial score (nSPS) is 36.7. The number of carbonyl (C=O) groups excluding carboxylic acids is 1. The molecule has 1 aliphatic carbocycles. The van der Waals surface area contributed by atoms with Crippen LogP contribution >= 0.6 is 0 Å². The minimum atomic E-state index is 0.361. The molecule has 20 heavy (non-hydrogen) atoms. The number of amides is 1. The molecule has 4 aliphatic rings. The molecular formula is C16H27N3O. The monoisotopic (exact) mass is 277 g/mol. The van der Waals surface area contributed by atoms with Gasteiger partial charge in [-0.2, -0.15) is 0 Å². The minimum Gasteiger partial charge on any atom is -0.340 e. The number of piperazine rings is 1. The van der Waals surface area contributed by atoms with E-state index >= 15 is 0 Å². The topological polar surface area (TPSA) is 35.6 Å². The van der Waals surface area contributed by atoms with E-state index in [2.05, 4.69) is 15.1 Å². The summed E-state index contributed by atoms with van der Waals surface area (Å²) in [5.41, 5.74) is 0.395. The Morgan fingerprint density at radius 2 is 1.95 bits per heavy atom. The van der Waals surface area contributed by atoms with E-state index in [1.165, 1.54) is 45.1 Å². The predicted octanol–water partition coefficient (Wildman–Crippen LogP) is 1.07. The molecule has 4 nitrogen and oxygen atoms in total. The molecule has 0 bridgehead atoms. The fourth-order valence-corrected chi connectivity index (χ4v) is 4.75. The molecule has 1 N–H and O–H groups in total. The molecule has 1 amide bonds. The van der Waals surface area contributed by atoms with Crippen LogP contribution in [0.25, 0.3) is 0 Å². The Morgan fingerprint density at radius 3 is 2.80 bits per heavy atom. The van der Waals surface area contributed by atoms with Crippen molar-refractivity contribution in [1.29, 1.82) is 0 Å². The Labute approximate surface area is 121 Å². The van der Waals surface area contributed by atoms with Gasteiger partial charge in [-0.05, 0) is 57.2 Å². The van der Waals surface area contributed by atoms with Gasteiger partial charge in [0, 0.05) is 31.6 Å². The highest BCUT2D eigenvalue weighted by Crippen LogP contribution is 2.59. The lowest BCUT2D eigenvalue weighted by atomic mass is 9.91. The fourth-order valence-electron chi connectivity index (χ4n) is 4.75. The van der Waals surface area contributed by atoms with Gasteiger partial charge in [0.05, 0.1) is 0 Å². The lowest BCUT2D eigenvalue weighted by Gasteiger charge is -2.44. The van der Waals surface area contributed by atoms with Gasteiger partial charge in [0.25, 0.3) is 0 Å². The SMILES string of the molecule is O=C(C1CC12CCNCC2)N1CCN2CCCCC2C1. The Bertz CT molecular complexity index is 391. The van der Waals surface area contributed by atoms with Crippen molar-refractivity contribution in [3.8, 4) is 0 Å². The molecule has 1 saturated carbocycles. The Balaban J connectivity index is 1.37. The van der Waals surface area contributed by atoms with E-state index in [1.807, 2.05) is 0 Å². The van der Waals surface area contributed by atoms with E-state index < -0.39 is 0 Å². The van der Waals surface area contributed by atoms with Crippen molar-refractivity contribution in [2.24, 2.45) is 11.3 Å². The van der Waals surface area contributed by atoms with Gasteiger partial charge in [-0.25, -0.2) is 0 Å². The second-order valence-electron chi connectivity index (χ2n) is 7.34. The lowest BCUT2D eigenvalue weighted by molar-refractivity contribution is -0.137. The highest BCUT2D eigenvalue weighted by Gasteiger charge is 2.58. The molecule has 2 unspecified atom stereocenters. The first kappa shape index (κ1) is 13.1. The van der Waals surface area contributed by atoms with Crippen LogP contribution in [-0.2, 0) is 4.79 Å². The molecule has 3 aliphatic heterocycles. The van der Waals surface area contributed by atoms with Crippen LogP contribution in [0.1, 0.15) is 38.5 Å². The van der Waals surface area contributed by atoms with Crippen molar-refractivity contribution >= 4 is 5.91 Å². The van der Waals surface area contributed by atoms with Gasteiger partial charge in [0.15, 0.2) is 0 Å². The summed E-state index contributed by atoms with van der Waals surface area (Å²) in [6.45, 7) is 6.56. The van der Waals surface area contributed by atoms with Gasteiger partial charge >= 0.3 is 0 Å². The molecule has 112 valence electrons. The highest BCUT2D eigenvalue weighted by molar-refractivity contribution is 5.83. The summed E-state index contributed by atoms with van der Waals surface area (Å²) in [7, 11) is 0. The standard InChI is InChI=1S/C16H27N3O/c20-15(14-11-16(14)4-6-17-7-5-16)19-10-9-18-8-2-1-3-13(18)12-19/h13-14,17H,1-12H2. The van der Waals surface area contributed by atoms with Crippen LogP contribution in [0.3, 0.4) is 0 Å². The van der Waals surface area contributed by atoms with Crippen molar-refractivity contribution in [3.05, 3.63) is 0 Å². The summed E-state index contributed by atoms with van der Waals surface area (Å²) in [6, 6.07) is 0.657. The highest BCUT2D eigenvalue weighted by atomic mass is 16.2. The zero-order chi connectivity index (χ0) is 13.6. The van der Waals surface area contributed by atoms with E-state index in [0.717, 1.165) is 32.7 Å². The van der Waals surface area contributed by atoms with Gasteiger partial charge in [-0.1, -0.05) is 6.42 Å². The van der Waals surface area contributed by atoms with E-state index in [-0.39, 0.29) is 0 Å². The first-order valence-electron chi connectivity index (χ1n) is 8.52. The predicted molar refractivity (Wildman–Crippen MR) is 78.4 cm³/mol. The molecule has 0 aromatic carbocycles. The molecular weight excluding hydrogens is 250 g/mol. The van der Waals surface area contributed by atoms with Gasteiger partial charge in [0.1, 0.15) is 0 Å². The van der Waals surface area contributed by atoms with Gasteiger partial charge < -0.3 is 10.2 Å². The van der Waals surface area contributed by atoms with Crippen LogP contribution in [-0.4, -0.2) is 61.0 Å². The average Bonchev–Trinajstić information content (AvgIpc) is 3.20. The van der Waals surface area contributed by atoms with Crippen molar-refractivity contribution in [2.45, 2.75) is 44.6 Å². The zero-order valence-corrected chi connectivity index (χ0v) is 12.4. The summed E-state index contributed by atoms with van der Waals surface area (Å²) in [6.07, 6.45) is 7.59. The molecule has 4 heteroatoms. The molecule has 0 aromatic heterocycles. The summed E-state index contributed by atoms with van der Waals surface area (Å²) in [5.74, 6) is 0.844. The third kappa shape index (κ3) is 2.17. The van der Waals surface area contributed by atoms with E-state index in [9.17, 15) is 4.79 Å². The number of nitrogens with zero attached hydrogens (tertiary/aromatic N) is 2.